The average molecular weight is 347 g/mol. The first-order valence-corrected chi connectivity index (χ1v) is 8.75. The molecule has 26 heavy (non-hydrogen) atoms. The molecule has 2 unspecified atom stereocenters. The summed E-state index contributed by atoms with van der Waals surface area (Å²) in [6.45, 7) is 0.647. The molecular formula is C21H21N3O2. The minimum Gasteiger partial charge on any atom is -0.506 e. The fraction of sp³-hybridized carbons (Fsp3) is 0.238. The van der Waals surface area contributed by atoms with E-state index in [9.17, 15) is 10.2 Å². The zero-order valence-corrected chi connectivity index (χ0v) is 14.4. The van der Waals surface area contributed by atoms with Gasteiger partial charge in [0.05, 0.1) is 23.5 Å². The number of hydrogen-bond donors (Lipinski definition) is 2. The SMILES string of the molecule is Oc1ccccc1N1CCC(O)(Cc2ccccc2)C1c1ccnnc1. The Morgan fingerprint density at radius 2 is 1.77 bits per heavy atom. The summed E-state index contributed by atoms with van der Waals surface area (Å²) >= 11 is 0. The Morgan fingerprint density at radius 3 is 2.50 bits per heavy atom. The zero-order chi connectivity index (χ0) is 18.0. The highest BCUT2D eigenvalue weighted by molar-refractivity contribution is 5.60. The molecule has 5 heteroatoms. The molecule has 0 bridgehead atoms. The van der Waals surface area contributed by atoms with Gasteiger partial charge in [0.1, 0.15) is 5.75 Å². The first-order valence-electron chi connectivity index (χ1n) is 8.75. The Balaban J connectivity index is 1.76. The van der Waals surface area contributed by atoms with Gasteiger partial charge in [-0.05, 0) is 35.7 Å². The van der Waals surface area contributed by atoms with E-state index in [0.29, 0.717) is 19.4 Å². The van der Waals surface area contributed by atoms with E-state index in [4.69, 9.17) is 0 Å². The maximum Gasteiger partial charge on any atom is 0.138 e. The Labute approximate surface area is 152 Å². The van der Waals surface area contributed by atoms with Crippen molar-refractivity contribution in [2.75, 3.05) is 11.4 Å². The topological polar surface area (TPSA) is 69.5 Å². The van der Waals surface area contributed by atoms with E-state index in [0.717, 1.165) is 16.8 Å². The summed E-state index contributed by atoms with van der Waals surface area (Å²) in [5.74, 6) is 0.212. The van der Waals surface area contributed by atoms with Gasteiger partial charge >= 0.3 is 0 Å². The van der Waals surface area contributed by atoms with E-state index in [1.54, 1.807) is 24.5 Å². The maximum absolute atomic E-state index is 11.6. The summed E-state index contributed by atoms with van der Waals surface area (Å²) in [6.07, 6.45) is 4.46. The molecule has 2 N–H and O–H groups in total. The lowest BCUT2D eigenvalue weighted by molar-refractivity contribution is 0.0313. The van der Waals surface area contributed by atoms with E-state index in [2.05, 4.69) is 15.1 Å². The number of hydrogen-bond acceptors (Lipinski definition) is 5. The van der Waals surface area contributed by atoms with Gasteiger partial charge in [0.2, 0.25) is 0 Å². The lowest BCUT2D eigenvalue weighted by Crippen LogP contribution is -2.39. The minimum absolute atomic E-state index is 0.212. The first kappa shape index (κ1) is 16.5. The Morgan fingerprint density at radius 1 is 1.00 bits per heavy atom. The fourth-order valence-electron chi connectivity index (χ4n) is 3.92. The van der Waals surface area contributed by atoms with Gasteiger partial charge in [0.25, 0.3) is 0 Å². The normalized spacial score (nSPS) is 22.5. The molecule has 0 amide bonds. The van der Waals surface area contributed by atoms with Crippen molar-refractivity contribution in [1.29, 1.82) is 0 Å². The van der Waals surface area contributed by atoms with Crippen LogP contribution in [0.1, 0.15) is 23.6 Å². The van der Waals surface area contributed by atoms with Crippen molar-refractivity contribution in [1.82, 2.24) is 10.2 Å². The molecule has 0 aliphatic carbocycles. The summed E-state index contributed by atoms with van der Waals surface area (Å²) in [4.78, 5) is 2.06. The molecule has 1 aromatic heterocycles. The third kappa shape index (κ3) is 3.02. The standard InChI is InChI=1S/C21H21N3O2/c25-19-9-5-4-8-18(19)24-13-11-21(26,14-16-6-2-1-3-7-16)20(24)17-10-12-22-23-15-17/h1-10,12,15,20,25-26H,11,13-14H2. The number of phenolic OH excluding ortho intramolecular Hbond substituents is 1. The summed E-state index contributed by atoms with van der Waals surface area (Å²) in [7, 11) is 0. The monoisotopic (exact) mass is 347 g/mol. The van der Waals surface area contributed by atoms with Gasteiger partial charge in [-0.25, -0.2) is 0 Å². The highest BCUT2D eigenvalue weighted by Crippen LogP contribution is 2.46. The second-order valence-corrected chi connectivity index (χ2v) is 6.78. The molecule has 3 aromatic rings. The number of nitrogens with zero attached hydrogens (tertiary/aromatic N) is 3. The molecule has 1 fully saturated rings. The molecule has 2 heterocycles. The minimum atomic E-state index is -0.966. The molecule has 1 aliphatic rings. The summed E-state index contributed by atoms with van der Waals surface area (Å²) in [5, 5.41) is 29.8. The van der Waals surface area contributed by atoms with Crippen molar-refractivity contribution in [3.63, 3.8) is 0 Å². The van der Waals surface area contributed by atoms with Crippen LogP contribution in [0.25, 0.3) is 0 Å². The van der Waals surface area contributed by atoms with E-state index < -0.39 is 5.60 Å². The van der Waals surface area contributed by atoms with E-state index in [1.165, 1.54) is 0 Å². The van der Waals surface area contributed by atoms with Gasteiger partial charge < -0.3 is 15.1 Å². The van der Waals surface area contributed by atoms with Crippen molar-refractivity contribution in [3.05, 3.63) is 84.2 Å². The third-order valence-electron chi connectivity index (χ3n) is 5.07. The average Bonchev–Trinajstić information content (AvgIpc) is 3.00. The molecule has 0 spiro atoms. The lowest BCUT2D eigenvalue weighted by atomic mass is 9.84. The van der Waals surface area contributed by atoms with Gasteiger partial charge in [-0.2, -0.15) is 10.2 Å². The number of aromatic hydroxyl groups is 1. The van der Waals surface area contributed by atoms with Crippen LogP contribution in [0.2, 0.25) is 0 Å². The van der Waals surface area contributed by atoms with Gasteiger partial charge in [-0.15, -0.1) is 0 Å². The predicted octanol–water partition coefficient (Wildman–Crippen LogP) is 3.11. The van der Waals surface area contributed by atoms with Crippen LogP contribution in [0.3, 0.4) is 0 Å². The van der Waals surface area contributed by atoms with Crippen LogP contribution in [-0.2, 0) is 6.42 Å². The molecule has 2 atom stereocenters. The Kier molecular flexibility index (Phi) is 4.31. The Bertz CT molecular complexity index is 873. The van der Waals surface area contributed by atoms with Crippen LogP contribution >= 0.6 is 0 Å². The second kappa shape index (κ2) is 6.77. The largest absolute Gasteiger partial charge is 0.506 e. The predicted molar refractivity (Wildman–Crippen MR) is 99.9 cm³/mol. The van der Waals surface area contributed by atoms with Crippen LogP contribution in [0, 0.1) is 0 Å². The second-order valence-electron chi connectivity index (χ2n) is 6.78. The van der Waals surface area contributed by atoms with Crippen LogP contribution in [0.5, 0.6) is 5.75 Å². The molecule has 5 nitrogen and oxygen atoms in total. The smallest absolute Gasteiger partial charge is 0.138 e. The highest BCUT2D eigenvalue weighted by Gasteiger charge is 2.47. The number of benzene rings is 2. The van der Waals surface area contributed by atoms with Gasteiger partial charge in [-0.3, -0.25) is 0 Å². The summed E-state index contributed by atoms with van der Waals surface area (Å²) < 4.78 is 0. The number of aliphatic hydroxyl groups is 1. The number of aromatic nitrogens is 2. The fourth-order valence-corrected chi connectivity index (χ4v) is 3.92. The van der Waals surface area contributed by atoms with Gasteiger partial charge in [-0.1, -0.05) is 42.5 Å². The number of phenols is 1. The highest BCUT2D eigenvalue weighted by atomic mass is 16.3. The van der Waals surface area contributed by atoms with Crippen LogP contribution in [0.15, 0.2) is 73.1 Å². The number of rotatable bonds is 4. The molecule has 1 saturated heterocycles. The summed E-state index contributed by atoms with van der Waals surface area (Å²) in [5.41, 5.74) is 1.73. The van der Waals surface area contributed by atoms with Crippen LogP contribution in [0.4, 0.5) is 5.69 Å². The quantitative estimate of drug-likeness (QED) is 0.759. The zero-order valence-electron chi connectivity index (χ0n) is 14.4. The molecule has 132 valence electrons. The van der Waals surface area contributed by atoms with E-state index in [1.807, 2.05) is 48.5 Å². The third-order valence-corrected chi connectivity index (χ3v) is 5.07. The van der Waals surface area contributed by atoms with Gasteiger partial charge in [0, 0.05) is 19.2 Å². The number of para-hydroxylation sites is 2. The molecule has 4 rings (SSSR count). The molecule has 2 aromatic carbocycles. The van der Waals surface area contributed by atoms with Crippen molar-refractivity contribution in [3.8, 4) is 5.75 Å². The van der Waals surface area contributed by atoms with E-state index in [-0.39, 0.29) is 11.8 Å². The van der Waals surface area contributed by atoms with Gasteiger partial charge in [0.15, 0.2) is 0 Å². The van der Waals surface area contributed by atoms with Crippen molar-refractivity contribution < 1.29 is 10.2 Å². The lowest BCUT2D eigenvalue weighted by Gasteiger charge is -2.35. The Hall–Kier alpha value is -2.92. The molecule has 0 radical (unpaired) electrons. The van der Waals surface area contributed by atoms with Crippen molar-refractivity contribution >= 4 is 5.69 Å². The molecule has 0 saturated carbocycles. The summed E-state index contributed by atoms with van der Waals surface area (Å²) in [6, 6.07) is 18.8. The van der Waals surface area contributed by atoms with Crippen molar-refractivity contribution in [2.24, 2.45) is 0 Å². The van der Waals surface area contributed by atoms with Crippen molar-refractivity contribution in [2.45, 2.75) is 24.5 Å². The van der Waals surface area contributed by atoms with E-state index >= 15 is 0 Å². The first-order chi connectivity index (χ1) is 12.7. The van der Waals surface area contributed by atoms with Crippen LogP contribution < -0.4 is 4.90 Å². The molecule has 1 aliphatic heterocycles. The molecular weight excluding hydrogens is 326 g/mol. The number of anilines is 1. The maximum atomic E-state index is 11.6. The van der Waals surface area contributed by atoms with Crippen LogP contribution in [-0.4, -0.2) is 32.6 Å².